The first kappa shape index (κ1) is 11.6. The van der Waals surface area contributed by atoms with Gasteiger partial charge in [0.2, 0.25) is 0 Å². The van der Waals surface area contributed by atoms with Gasteiger partial charge in [0.15, 0.2) is 0 Å². The van der Waals surface area contributed by atoms with E-state index in [1.807, 2.05) is 0 Å². The molecule has 1 aromatic rings. The molecule has 1 fully saturated rings. The molecule has 2 rings (SSSR count). The van der Waals surface area contributed by atoms with E-state index >= 15 is 0 Å². The van der Waals surface area contributed by atoms with Gasteiger partial charge in [0.25, 0.3) is 0 Å². The Balaban J connectivity index is 1.96. The second-order valence-corrected chi connectivity index (χ2v) is 4.81. The highest BCUT2D eigenvalue weighted by Gasteiger charge is 2.11. The number of aliphatic hydroxyl groups is 1. The predicted molar refractivity (Wildman–Crippen MR) is 66.5 cm³/mol. The molecule has 1 aromatic carbocycles. The molecule has 1 heterocycles. The van der Waals surface area contributed by atoms with E-state index in [1.54, 1.807) is 0 Å². The van der Waals surface area contributed by atoms with E-state index in [0.29, 0.717) is 0 Å². The number of aliphatic hydroxyl groups excluding tert-OH is 1. The smallest absolute Gasteiger partial charge is 0.0497 e. The highest BCUT2D eigenvalue weighted by atomic mass is 16.3. The molecular formula is C14H21NO. The van der Waals surface area contributed by atoms with Gasteiger partial charge in [-0.3, -0.25) is 4.90 Å². The van der Waals surface area contributed by atoms with Crippen molar-refractivity contribution >= 4 is 0 Å². The van der Waals surface area contributed by atoms with Gasteiger partial charge in [0.05, 0.1) is 0 Å². The third kappa shape index (κ3) is 2.83. The Morgan fingerprint density at radius 2 is 1.81 bits per heavy atom. The Morgan fingerprint density at radius 1 is 1.19 bits per heavy atom. The van der Waals surface area contributed by atoms with Crippen molar-refractivity contribution < 1.29 is 5.11 Å². The monoisotopic (exact) mass is 219 g/mol. The van der Waals surface area contributed by atoms with Crippen LogP contribution in [-0.4, -0.2) is 29.7 Å². The van der Waals surface area contributed by atoms with Crippen LogP contribution < -0.4 is 0 Å². The van der Waals surface area contributed by atoms with Gasteiger partial charge in [-0.2, -0.15) is 0 Å². The summed E-state index contributed by atoms with van der Waals surface area (Å²) in [6.45, 7) is 5.85. The summed E-state index contributed by atoms with van der Waals surface area (Å²) in [4.78, 5) is 2.50. The maximum absolute atomic E-state index is 9.08. The zero-order chi connectivity index (χ0) is 11.4. The number of benzene rings is 1. The maximum atomic E-state index is 9.08. The number of hydrogen-bond acceptors (Lipinski definition) is 2. The summed E-state index contributed by atoms with van der Waals surface area (Å²) in [7, 11) is 0. The van der Waals surface area contributed by atoms with Gasteiger partial charge in [-0.15, -0.1) is 0 Å². The quantitative estimate of drug-likeness (QED) is 0.840. The topological polar surface area (TPSA) is 23.5 Å². The van der Waals surface area contributed by atoms with Crippen molar-refractivity contribution in [3.63, 3.8) is 0 Å². The van der Waals surface area contributed by atoms with Gasteiger partial charge in [0.1, 0.15) is 0 Å². The van der Waals surface area contributed by atoms with Crippen molar-refractivity contribution in [2.45, 2.75) is 32.2 Å². The second-order valence-electron chi connectivity index (χ2n) is 4.81. The minimum absolute atomic E-state index is 0.228. The van der Waals surface area contributed by atoms with Crippen LogP contribution >= 0.6 is 0 Å². The fourth-order valence-electron chi connectivity index (χ4n) is 2.26. The standard InChI is InChI=1S/C14H21NO/c1-12(11-16)14-6-4-13(5-7-14)10-15-8-2-3-9-15/h4-7,12,16H,2-3,8-11H2,1H3. The molecule has 1 aliphatic heterocycles. The van der Waals surface area contributed by atoms with Gasteiger partial charge in [-0.05, 0) is 37.1 Å². The molecule has 0 spiro atoms. The average molecular weight is 219 g/mol. The van der Waals surface area contributed by atoms with E-state index in [0.717, 1.165) is 6.54 Å². The average Bonchev–Trinajstić information content (AvgIpc) is 2.82. The van der Waals surface area contributed by atoms with E-state index in [2.05, 4.69) is 36.1 Å². The highest BCUT2D eigenvalue weighted by molar-refractivity contribution is 5.25. The van der Waals surface area contributed by atoms with Crippen molar-refractivity contribution in [3.8, 4) is 0 Å². The molecule has 1 N–H and O–H groups in total. The Labute approximate surface area is 97.9 Å². The van der Waals surface area contributed by atoms with E-state index in [9.17, 15) is 0 Å². The fraction of sp³-hybridized carbons (Fsp3) is 0.571. The fourth-order valence-corrected chi connectivity index (χ4v) is 2.26. The molecule has 0 bridgehead atoms. The highest BCUT2D eigenvalue weighted by Crippen LogP contribution is 2.17. The van der Waals surface area contributed by atoms with Crippen LogP contribution in [0.5, 0.6) is 0 Å². The van der Waals surface area contributed by atoms with E-state index in [1.165, 1.54) is 37.1 Å². The van der Waals surface area contributed by atoms with Crippen molar-refractivity contribution in [1.29, 1.82) is 0 Å². The van der Waals surface area contributed by atoms with Gasteiger partial charge in [-0.25, -0.2) is 0 Å². The third-order valence-electron chi connectivity index (χ3n) is 3.43. The Hall–Kier alpha value is -0.860. The van der Waals surface area contributed by atoms with Crippen LogP contribution in [0, 0.1) is 0 Å². The molecule has 0 saturated carbocycles. The van der Waals surface area contributed by atoms with Crippen molar-refractivity contribution in [2.75, 3.05) is 19.7 Å². The Kier molecular flexibility index (Phi) is 3.97. The summed E-state index contributed by atoms with van der Waals surface area (Å²) in [5.74, 6) is 0.251. The van der Waals surface area contributed by atoms with Gasteiger partial charge in [-0.1, -0.05) is 31.2 Å². The molecule has 1 aliphatic rings. The maximum Gasteiger partial charge on any atom is 0.0497 e. The summed E-state index contributed by atoms with van der Waals surface area (Å²) in [6, 6.07) is 8.68. The Morgan fingerprint density at radius 3 is 2.38 bits per heavy atom. The molecule has 2 nitrogen and oxygen atoms in total. The molecule has 16 heavy (non-hydrogen) atoms. The van der Waals surface area contributed by atoms with Crippen LogP contribution in [-0.2, 0) is 6.54 Å². The number of nitrogens with zero attached hydrogens (tertiary/aromatic N) is 1. The van der Waals surface area contributed by atoms with Crippen LogP contribution in [0.4, 0.5) is 0 Å². The summed E-state index contributed by atoms with van der Waals surface area (Å²) in [5, 5.41) is 9.08. The van der Waals surface area contributed by atoms with Gasteiger partial charge in [0, 0.05) is 19.1 Å². The lowest BCUT2D eigenvalue weighted by Gasteiger charge is -2.15. The minimum atomic E-state index is 0.228. The number of rotatable bonds is 4. The molecule has 1 unspecified atom stereocenters. The normalized spacial score (nSPS) is 18.9. The van der Waals surface area contributed by atoms with Crippen LogP contribution in [0.1, 0.15) is 36.8 Å². The van der Waals surface area contributed by atoms with Crippen LogP contribution in [0.3, 0.4) is 0 Å². The van der Waals surface area contributed by atoms with Crippen LogP contribution in [0.2, 0.25) is 0 Å². The van der Waals surface area contributed by atoms with E-state index in [4.69, 9.17) is 5.11 Å². The third-order valence-corrected chi connectivity index (χ3v) is 3.43. The number of likely N-dealkylation sites (tertiary alicyclic amines) is 1. The summed E-state index contributed by atoms with van der Waals surface area (Å²) >= 11 is 0. The van der Waals surface area contributed by atoms with Crippen LogP contribution in [0.15, 0.2) is 24.3 Å². The lowest BCUT2D eigenvalue weighted by molar-refractivity contribution is 0.273. The molecule has 1 atom stereocenters. The minimum Gasteiger partial charge on any atom is -0.396 e. The molecule has 0 aromatic heterocycles. The molecule has 2 heteroatoms. The van der Waals surface area contributed by atoms with Crippen molar-refractivity contribution in [3.05, 3.63) is 35.4 Å². The molecule has 1 saturated heterocycles. The van der Waals surface area contributed by atoms with Crippen LogP contribution in [0.25, 0.3) is 0 Å². The summed E-state index contributed by atoms with van der Waals surface area (Å²) < 4.78 is 0. The predicted octanol–water partition coefficient (Wildman–Crippen LogP) is 2.38. The van der Waals surface area contributed by atoms with Gasteiger partial charge >= 0.3 is 0 Å². The van der Waals surface area contributed by atoms with Gasteiger partial charge < -0.3 is 5.11 Å². The molecule has 88 valence electrons. The first-order valence-corrected chi connectivity index (χ1v) is 6.21. The molecule has 0 aliphatic carbocycles. The van der Waals surface area contributed by atoms with E-state index in [-0.39, 0.29) is 12.5 Å². The van der Waals surface area contributed by atoms with Crippen molar-refractivity contribution in [2.24, 2.45) is 0 Å². The SMILES string of the molecule is CC(CO)c1ccc(CN2CCCC2)cc1. The van der Waals surface area contributed by atoms with Crippen molar-refractivity contribution in [1.82, 2.24) is 4.90 Å². The summed E-state index contributed by atoms with van der Waals surface area (Å²) in [6.07, 6.45) is 2.69. The first-order valence-electron chi connectivity index (χ1n) is 6.21. The second kappa shape index (κ2) is 5.46. The Bertz CT molecular complexity index is 314. The molecular weight excluding hydrogens is 198 g/mol. The zero-order valence-corrected chi connectivity index (χ0v) is 10.0. The lowest BCUT2D eigenvalue weighted by Crippen LogP contribution is -2.18. The number of hydrogen-bond donors (Lipinski definition) is 1. The summed E-state index contributed by atoms with van der Waals surface area (Å²) in [5.41, 5.74) is 2.61. The molecule has 0 amide bonds. The van der Waals surface area contributed by atoms with E-state index < -0.39 is 0 Å². The lowest BCUT2D eigenvalue weighted by atomic mass is 10.0. The largest absolute Gasteiger partial charge is 0.396 e. The zero-order valence-electron chi connectivity index (χ0n) is 10.0. The first-order chi connectivity index (χ1) is 7.79. The molecule has 0 radical (unpaired) electrons.